The minimum atomic E-state index is 0.781. The smallest absolute Gasteiger partial charge is 0.0692 e. The fraction of sp³-hybridized carbons (Fsp3) is 0.333. The van der Waals surface area contributed by atoms with Crippen LogP contribution in [0.1, 0.15) is 12.0 Å². The Morgan fingerprint density at radius 1 is 1.39 bits per heavy atom. The molecule has 0 saturated heterocycles. The third kappa shape index (κ3) is 4.08. The van der Waals surface area contributed by atoms with Crippen molar-refractivity contribution >= 4 is 27.5 Å². The molecule has 6 heteroatoms. The maximum Gasteiger partial charge on any atom is 0.0692 e. The van der Waals surface area contributed by atoms with E-state index < -0.39 is 0 Å². The Labute approximate surface area is 119 Å². The van der Waals surface area contributed by atoms with Crippen LogP contribution in [0.5, 0.6) is 0 Å². The van der Waals surface area contributed by atoms with Crippen LogP contribution in [0.3, 0.4) is 0 Å². The number of hydrogen-bond donors (Lipinski definition) is 1. The molecule has 0 spiro atoms. The van der Waals surface area contributed by atoms with E-state index in [1.54, 1.807) is 6.20 Å². The number of halogens is 2. The fourth-order valence-electron chi connectivity index (χ4n) is 1.61. The number of nitrogens with one attached hydrogen (secondary N) is 1. The molecule has 0 atom stereocenters. The van der Waals surface area contributed by atoms with E-state index >= 15 is 0 Å². The molecular formula is C12H14BrClN4. The van der Waals surface area contributed by atoms with Crippen LogP contribution in [0.25, 0.3) is 0 Å². The molecule has 1 aromatic heterocycles. The third-order valence-electron chi connectivity index (χ3n) is 2.54. The summed E-state index contributed by atoms with van der Waals surface area (Å²) < 4.78 is 2.83. The van der Waals surface area contributed by atoms with Crippen LogP contribution >= 0.6 is 27.5 Å². The Kier molecular flexibility index (Phi) is 5.16. The van der Waals surface area contributed by atoms with Gasteiger partial charge in [-0.1, -0.05) is 38.8 Å². The van der Waals surface area contributed by atoms with Crippen LogP contribution in [-0.4, -0.2) is 21.5 Å². The monoisotopic (exact) mass is 328 g/mol. The highest BCUT2D eigenvalue weighted by Gasteiger charge is 2.00. The van der Waals surface area contributed by atoms with E-state index in [1.165, 1.54) is 0 Å². The molecule has 2 aromatic rings. The molecule has 4 nitrogen and oxygen atoms in total. The first-order valence-electron chi connectivity index (χ1n) is 5.74. The van der Waals surface area contributed by atoms with Gasteiger partial charge >= 0.3 is 0 Å². The highest BCUT2D eigenvalue weighted by molar-refractivity contribution is 9.10. The van der Waals surface area contributed by atoms with E-state index in [4.69, 9.17) is 11.6 Å². The van der Waals surface area contributed by atoms with Gasteiger partial charge in [0.05, 0.1) is 6.20 Å². The number of hydrogen-bond acceptors (Lipinski definition) is 3. The lowest BCUT2D eigenvalue weighted by Crippen LogP contribution is -2.17. The maximum absolute atomic E-state index is 6.13. The Bertz CT molecular complexity index is 487. The molecule has 18 heavy (non-hydrogen) atoms. The fourth-order valence-corrected chi connectivity index (χ4v) is 2.35. The second-order valence-corrected chi connectivity index (χ2v) is 5.26. The zero-order valence-corrected chi connectivity index (χ0v) is 12.2. The zero-order valence-electron chi connectivity index (χ0n) is 9.81. The van der Waals surface area contributed by atoms with E-state index in [-0.39, 0.29) is 0 Å². The summed E-state index contributed by atoms with van der Waals surface area (Å²) in [5.41, 5.74) is 1.11. The number of aryl methyl sites for hydroxylation is 1. The lowest BCUT2D eigenvalue weighted by atomic mass is 10.2. The van der Waals surface area contributed by atoms with Crippen molar-refractivity contribution in [3.05, 3.63) is 45.7 Å². The minimum Gasteiger partial charge on any atom is -0.313 e. The molecule has 1 N–H and O–H groups in total. The van der Waals surface area contributed by atoms with Crippen LogP contribution in [0.2, 0.25) is 5.02 Å². The van der Waals surface area contributed by atoms with Crippen molar-refractivity contribution in [1.29, 1.82) is 0 Å². The van der Waals surface area contributed by atoms with E-state index in [1.807, 2.05) is 29.1 Å². The summed E-state index contributed by atoms with van der Waals surface area (Å²) >= 11 is 9.52. The molecule has 0 saturated carbocycles. The van der Waals surface area contributed by atoms with Crippen LogP contribution in [0.15, 0.2) is 35.1 Å². The zero-order chi connectivity index (χ0) is 12.8. The van der Waals surface area contributed by atoms with Crippen LogP contribution in [0, 0.1) is 0 Å². The molecule has 0 unspecified atom stereocenters. The van der Waals surface area contributed by atoms with Gasteiger partial charge in [-0.25, -0.2) is 0 Å². The van der Waals surface area contributed by atoms with Gasteiger partial charge in [0.1, 0.15) is 0 Å². The van der Waals surface area contributed by atoms with Crippen molar-refractivity contribution in [2.45, 2.75) is 19.5 Å². The summed E-state index contributed by atoms with van der Waals surface area (Å²) in [5, 5.41) is 11.8. The van der Waals surface area contributed by atoms with Gasteiger partial charge in [0.25, 0.3) is 0 Å². The average molecular weight is 330 g/mol. The largest absolute Gasteiger partial charge is 0.313 e. The Hall–Kier alpha value is -0.910. The lowest BCUT2D eigenvalue weighted by Gasteiger charge is -2.07. The molecule has 96 valence electrons. The van der Waals surface area contributed by atoms with Gasteiger partial charge in [-0.3, -0.25) is 4.68 Å². The van der Waals surface area contributed by atoms with E-state index in [2.05, 4.69) is 31.6 Å². The topological polar surface area (TPSA) is 42.7 Å². The van der Waals surface area contributed by atoms with Crippen molar-refractivity contribution in [2.75, 3.05) is 6.54 Å². The first-order chi connectivity index (χ1) is 8.75. The Balaban J connectivity index is 1.69. The molecule has 2 rings (SSSR count). The first-order valence-corrected chi connectivity index (χ1v) is 6.91. The van der Waals surface area contributed by atoms with Crippen molar-refractivity contribution < 1.29 is 0 Å². The highest BCUT2D eigenvalue weighted by Crippen LogP contribution is 2.20. The summed E-state index contributed by atoms with van der Waals surface area (Å²) in [6.07, 6.45) is 4.57. The molecule has 1 aromatic carbocycles. The molecule has 0 aliphatic heterocycles. The maximum atomic E-state index is 6.13. The minimum absolute atomic E-state index is 0.781. The lowest BCUT2D eigenvalue weighted by molar-refractivity contribution is 0.530. The predicted octanol–water partition coefficient (Wildman–Crippen LogP) is 2.87. The summed E-state index contributed by atoms with van der Waals surface area (Å²) in [5.74, 6) is 0. The standard InChI is InChI=1S/C12H14BrClN4/c13-11-3-2-10(12(14)8-11)9-15-4-1-6-18-7-5-16-17-18/h2-3,5,7-8,15H,1,4,6,9H2. The summed E-state index contributed by atoms with van der Waals surface area (Å²) in [4.78, 5) is 0. The van der Waals surface area contributed by atoms with Gasteiger partial charge in [-0.05, 0) is 30.7 Å². The van der Waals surface area contributed by atoms with E-state index in [9.17, 15) is 0 Å². The van der Waals surface area contributed by atoms with Crippen LogP contribution in [0.4, 0.5) is 0 Å². The van der Waals surface area contributed by atoms with Gasteiger partial charge in [0, 0.05) is 28.8 Å². The Morgan fingerprint density at radius 2 is 2.28 bits per heavy atom. The molecule has 0 bridgehead atoms. The molecule has 0 radical (unpaired) electrons. The SMILES string of the molecule is Clc1cc(Br)ccc1CNCCCn1ccnn1. The quantitative estimate of drug-likeness (QED) is 0.829. The van der Waals surface area contributed by atoms with Crippen molar-refractivity contribution in [3.63, 3.8) is 0 Å². The molecule has 1 heterocycles. The molecule has 0 amide bonds. The third-order valence-corrected chi connectivity index (χ3v) is 3.39. The first kappa shape index (κ1) is 13.5. The molecule has 0 aliphatic rings. The van der Waals surface area contributed by atoms with Gasteiger partial charge in [-0.15, -0.1) is 5.10 Å². The second-order valence-electron chi connectivity index (χ2n) is 3.93. The molecular weight excluding hydrogens is 316 g/mol. The van der Waals surface area contributed by atoms with Crippen molar-refractivity contribution in [3.8, 4) is 0 Å². The van der Waals surface area contributed by atoms with Crippen molar-refractivity contribution in [1.82, 2.24) is 20.3 Å². The van der Waals surface area contributed by atoms with E-state index in [0.717, 1.165) is 41.1 Å². The van der Waals surface area contributed by atoms with Gasteiger partial charge in [0.2, 0.25) is 0 Å². The van der Waals surface area contributed by atoms with Crippen LogP contribution in [-0.2, 0) is 13.1 Å². The van der Waals surface area contributed by atoms with E-state index in [0.29, 0.717) is 0 Å². The van der Waals surface area contributed by atoms with Crippen LogP contribution < -0.4 is 5.32 Å². The number of benzene rings is 1. The second kappa shape index (κ2) is 6.87. The number of aromatic nitrogens is 3. The summed E-state index contributed by atoms with van der Waals surface area (Å²) in [6, 6.07) is 5.93. The number of rotatable bonds is 6. The normalized spacial score (nSPS) is 10.8. The number of nitrogens with zero attached hydrogens (tertiary/aromatic N) is 3. The van der Waals surface area contributed by atoms with Gasteiger partial charge in [-0.2, -0.15) is 0 Å². The summed E-state index contributed by atoms with van der Waals surface area (Å²) in [6.45, 7) is 2.58. The molecule has 0 aliphatic carbocycles. The van der Waals surface area contributed by atoms with Gasteiger partial charge in [0.15, 0.2) is 0 Å². The van der Waals surface area contributed by atoms with Gasteiger partial charge < -0.3 is 5.32 Å². The highest BCUT2D eigenvalue weighted by atomic mass is 79.9. The molecule has 0 fully saturated rings. The summed E-state index contributed by atoms with van der Waals surface area (Å²) in [7, 11) is 0. The van der Waals surface area contributed by atoms with Crippen molar-refractivity contribution in [2.24, 2.45) is 0 Å². The Morgan fingerprint density at radius 3 is 3.00 bits per heavy atom. The predicted molar refractivity (Wildman–Crippen MR) is 75.5 cm³/mol. The average Bonchev–Trinajstić information content (AvgIpc) is 2.84.